The predicted molar refractivity (Wildman–Crippen MR) is 107 cm³/mol. The van der Waals surface area contributed by atoms with Crippen molar-refractivity contribution < 1.29 is 9.90 Å². The van der Waals surface area contributed by atoms with Gasteiger partial charge in [0.1, 0.15) is 0 Å². The summed E-state index contributed by atoms with van der Waals surface area (Å²) in [6, 6.07) is 4.07. The first-order valence-electron chi connectivity index (χ1n) is 9.39. The maximum absolute atomic E-state index is 12.1. The number of carbonyl (C=O) groups is 1. The van der Waals surface area contributed by atoms with Gasteiger partial charge in [-0.1, -0.05) is 13.3 Å². The van der Waals surface area contributed by atoms with E-state index in [0.717, 1.165) is 49.1 Å². The van der Waals surface area contributed by atoms with E-state index >= 15 is 0 Å². The van der Waals surface area contributed by atoms with Crippen molar-refractivity contribution in [2.75, 3.05) is 43.6 Å². The Hall–Kier alpha value is -1.31. The SMILES string of the molecule is CN1CC[C@@]2(C)c3cc(N(C(=O)O)N4CCCCC4)cc(Br)c3N(C)C12. The average Bonchev–Trinajstić information content (AvgIpc) is 3.01. The molecule has 0 spiro atoms. The van der Waals surface area contributed by atoms with E-state index in [0.29, 0.717) is 6.17 Å². The molecule has 1 unspecified atom stereocenters. The number of hydrogen-bond donors (Lipinski definition) is 1. The Morgan fingerprint density at radius 2 is 1.92 bits per heavy atom. The fourth-order valence-corrected chi connectivity index (χ4v) is 5.97. The lowest BCUT2D eigenvalue weighted by Gasteiger charge is -2.36. The van der Waals surface area contributed by atoms with Crippen LogP contribution in [0.5, 0.6) is 0 Å². The van der Waals surface area contributed by atoms with Crippen LogP contribution in [0.15, 0.2) is 16.6 Å². The summed E-state index contributed by atoms with van der Waals surface area (Å²) in [5.74, 6) is 0. The average molecular weight is 423 g/mol. The second kappa shape index (κ2) is 6.39. The van der Waals surface area contributed by atoms with E-state index < -0.39 is 6.09 Å². The second-order valence-electron chi connectivity index (χ2n) is 8.07. The van der Waals surface area contributed by atoms with E-state index in [-0.39, 0.29) is 5.41 Å². The molecular weight excluding hydrogens is 396 g/mol. The Morgan fingerprint density at radius 1 is 1.23 bits per heavy atom. The molecule has 1 N–H and O–H groups in total. The van der Waals surface area contributed by atoms with Gasteiger partial charge in [0, 0.05) is 36.6 Å². The molecule has 3 aliphatic rings. The number of hydrogen-bond acceptors (Lipinski definition) is 4. The maximum atomic E-state index is 12.1. The molecule has 1 aromatic rings. The number of carboxylic acid groups (broad SMARTS) is 1. The summed E-state index contributed by atoms with van der Waals surface area (Å²) in [4.78, 5) is 16.8. The van der Waals surface area contributed by atoms with Gasteiger partial charge in [0.05, 0.1) is 17.5 Å². The highest BCUT2D eigenvalue weighted by Crippen LogP contribution is 2.54. The zero-order chi connectivity index (χ0) is 18.6. The summed E-state index contributed by atoms with van der Waals surface area (Å²) in [6.45, 7) is 4.96. The Kier molecular flexibility index (Phi) is 4.44. The van der Waals surface area contributed by atoms with Gasteiger partial charge in [-0.2, -0.15) is 0 Å². The molecule has 0 radical (unpaired) electrons. The Morgan fingerprint density at radius 3 is 2.58 bits per heavy atom. The van der Waals surface area contributed by atoms with Crippen molar-refractivity contribution in [3.05, 3.63) is 22.2 Å². The van der Waals surface area contributed by atoms with Gasteiger partial charge in [-0.25, -0.2) is 14.8 Å². The Bertz CT molecular complexity index is 736. The lowest BCUT2D eigenvalue weighted by molar-refractivity contribution is 0.157. The number of piperidine rings is 1. The summed E-state index contributed by atoms with van der Waals surface area (Å²) in [6.07, 6.45) is 3.76. The number of nitrogens with zero attached hydrogens (tertiary/aromatic N) is 4. The minimum Gasteiger partial charge on any atom is -0.464 e. The van der Waals surface area contributed by atoms with Crippen molar-refractivity contribution in [3.63, 3.8) is 0 Å². The number of likely N-dealkylation sites (N-methyl/N-ethyl adjacent to an activating group) is 2. The molecule has 142 valence electrons. The molecule has 6 nitrogen and oxygen atoms in total. The molecule has 1 amide bonds. The van der Waals surface area contributed by atoms with Crippen molar-refractivity contribution in [2.45, 2.75) is 44.2 Å². The number of benzene rings is 1. The highest BCUT2D eigenvalue weighted by molar-refractivity contribution is 9.10. The van der Waals surface area contributed by atoms with Crippen LogP contribution in [-0.2, 0) is 5.41 Å². The van der Waals surface area contributed by atoms with Gasteiger partial charge in [-0.05, 0) is 59.9 Å². The van der Waals surface area contributed by atoms with Crippen molar-refractivity contribution in [1.29, 1.82) is 0 Å². The molecule has 0 bridgehead atoms. The third kappa shape index (κ3) is 2.55. The molecule has 0 aliphatic carbocycles. The van der Waals surface area contributed by atoms with Crippen LogP contribution in [0.3, 0.4) is 0 Å². The quantitative estimate of drug-likeness (QED) is 0.786. The van der Waals surface area contributed by atoms with Crippen molar-refractivity contribution in [2.24, 2.45) is 0 Å². The first-order valence-corrected chi connectivity index (χ1v) is 10.2. The monoisotopic (exact) mass is 422 g/mol. The number of hydrazine groups is 1. The summed E-state index contributed by atoms with van der Waals surface area (Å²) in [5, 5.41) is 13.3. The number of likely N-dealkylation sites (tertiary alicyclic amines) is 1. The third-order valence-corrected chi connectivity index (χ3v) is 7.00. The van der Waals surface area contributed by atoms with Gasteiger partial charge in [0.2, 0.25) is 0 Å². The third-order valence-electron chi connectivity index (χ3n) is 6.40. The largest absolute Gasteiger partial charge is 0.464 e. The van der Waals surface area contributed by atoms with Crippen LogP contribution >= 0.6 is 15.9 Å². The van der Waals surface area contributed by atoms with Crippen LogP contribution in [-0.4, -0.2) is 61.0 Å². The molecule has 0 aromatic heterocycles. The first-order chi connectivity index (χ1) is 12.3. The van der Waals surface area contributed by atoms with Crippen LogP contribution in [0.1, 0.15) is 38.2 Å². The molecule has 2 fully saturated rings. The van der Waals surface area contributed by atoms with Gasteiger partial charge in [0.25, 0.3) is 0 Å². The van der Waals surface area contributed by atoms with Crippen molar-refractivity contribution in [1.82, 2.24) is 9.91 Å². The minimum atomic E-state index is -0.907. The van der Waals surface area contributed by atoms with Gasteiger partial charge in [-0.15, -0.1) is 0 Å². The molecular formula is C19H27BrN4O2. The van der Waals surface area contributed by atoms with E-state index in [1.807, 2.05) is 11.1 Å². The molecule has 3 heterocycles. The lowest BCUT2D eigenvalue weighted by Crippen LogP contribution is -2.48. The molecule has 7 heteroatoms. The smallest absolute Gasteiger partial charge is 0.426 e. The molecule has 26 heavy (non-hydrogen) atoms. The standard InChI is InChI=1S/C19H27BrN4O2/c1-19-7-10-21(2)17(19)22(3)16-14(19)11-13(12-15(16)20)24(18(25)26)23-8-5-4-6-9-23/h11-12,17H,4-10H2,1-3H3,(H,25,26)/t17?,19-/m0/s1. The summed E-state index contributed by atoms with van der Waals surface area (Å²) >= 11 is 3.73. The van der Waals surface area contributed by atoms with Gasteiger partial charge >= 0.3 is 6.09 Å². The fraction of sp³-hybridized carbons (Fsp3) is 0.632. The first kappa shape index (κ1) is 18.1. The van der Waals surface area contributed by atoms with Crippen LogP contribution in [0.2, 0.25) is 0 Å². The van der Waals surface area contributed by atoms with Crippen molar-refractivity contribution in [3.8, 4) is 0 Å². The summed E-state index contributed by atoms with van der Waals surface area (Å²) < 4.78 is 0.972. The van der Waals surface area contributed by atoms with E-state index in [2.05, 4.69) is 52.8 Å². The number of rotatable bonds is 2. The van der Waals surface area contributed by atoms with Gasteiger partial charge in [-0.3, -0.25) is 4.90 Å². The zero-order valence-electron chi connectivity index (χ0n) is 15.7. The Balaban J connectivity index is 1.80. The Labute approximate surface area is 163 Å². The van der Waals surface area contributed by atoms with Crippen LogP contribution in [0.4, 0.5) is 16.2 Å². The van der Waals surface area contributed by atoms with Crippen molar-refractivity contribution >= 4 is 33.4 Å². The molecule has 4 rings (SSSR count). The number of halogens is 1. The second-order valence-corrected chi connectivity index (χ2v) is 8.92. The molecule has 3 aliphatic heterocycles. The fourth-order valence-electron chi connectivity index (χ4n) is 5.24. The normalized spacial score (nSPS) is 28.9. The number of fused-ring (bicyclic) bond motifs is 3. The van der Waals surface area contributed by atoms with E-state index in [9.17, 15) is 9.90 Å². The van der Waals surface area contributed by atoms with Gasteiger partial charge in [0.15, 0.2) is 0 Å². The van der Waals surface area contributed by atoms with Gasteiger partial charge < -0.3 is 10.0 Å². The maximum Gasteiger partial charge on any atom is 0.426 e. The minimum absolute atomic E-state index is 0.0173. The summed E-state index contributed by atoms with van der Waals surface area (Å²) in [7, 11) is 4.31. The van der Waals surface area contributed by atoms with Crippen LogP contribution in [0, 0.1) is 0 Å². The summed E-state index contributed by atoms with van der Waals surface area (Å²) in [5.41, 5.74) is 3.21. The zero-order valence-corrected chi connectivity index (χ0v) is 17.3. The highest BCUT2D eigenvalue weighted by atomic mass is 79.9. The van der Waals surface area contributed by atoms with E-state index in [4.69, 9.17) is 0 Å². The highest BCUT2D eigenvalue weighted by Gasteiger charge is 2.53. The lowest BCUT2D eigenvalue weighted by atomic mass is 9.81. The van der Waals surface area contributed by atoms with E-state index in [1.165, 1.54) is 22.7 Å². The molecule has 2 saturated heterocycles. The number of anilines is 2. The molecule has 0 saturated carbocycles. The molecule has 2 atom stereocenters. The van der Waals surface area contributed by atoms with E-state index in [1.54, 1.807) is 0 Å². The topological polar surface area (TPSA) is 50.3 Å². The number of amides is 1. The predicted octanol–water partition coefficient (Wildman–Crippen LogP) is 3.70. The molecule has 1 aromatic carbocycles. The van der Waals surface area contributed by atoms with Crippen LogP contribution < -0.4 is 9.91 Å². The van der Waals surface area contributed by atoms with Crippen LogP contribution in [0.25, 0.3) is 0 Å².